The van der Waals surface area contributed by atoms with Crippen molar-refractivity contribution in [3.05, 3.63) is 0 Å². The van der Waals surface area contributed by atoms with E-state index in [1.54, 1.807) is 0 Å². The predicted molar refractivity (Wildman–Crippen MR) is 126 cm³/mol. The van der Waals surface area contributed by atoms with E-state index in [2.05, 4.69) is 13.8 Å². The Balaban J connectivity index is 3.31. The van der Waals surface area contributed by atoms with Crippen LogP contribution < -0.4 is 0 Å². The van der Waals surface area contributed by atoms with Crippen LogP contribution >= 0.6 is 0 Å². The molecule has 0 atom stereocenters. The number of rotatable bonds is 26. The summed E-state index contributed by atoms with van der Waals surface area (Å²) in [5, 5.41) is 0. The van der Waals surface area contributed by atoms with E-state index in [9.17, 15) is 7.61 Å². The summed E-state index contributed by atoms with van der Waals surface area (Å²) in [4.78, 5) is 0. The zero-order chi connectivity index (χ0) is 22.9. The van der Waals surface area contributed by atoms with Crippen molar-refractivity contribution in [2.45, 2.75) is 155 Å². The fraction of sp³-hybridized carbons (Fsp3) is 1.00. The van der Waals surface area contributed by atoms with Crippen molar-refractivity contribution < 1.29 is 28.8 Å². The summed E-state index contributed by atoms with van der Waals surface area (Å²) in [7, 11) is 0. The van der Waals surface area contributed by atoms with Crippen LogP contribution in [0.15, 0.2) is 0 Å². The Morgan fingerprint density at radius 1 is 0.387 bits per heavy atom. The van der Waals surface area contributed by atoms with E-state index in [0.717, 1.165) is 25.7 Å². The Kier molecular flexibility index (Phi) is 24.7. The third-order valence-electron chi connectivity index (χ3n) is 5.95. The normalized spacial score (nSPS) is 11.9. The van der Waals surface area contributed by atoms with Crippen LogP contribution in [0.2, 0.25) is 0 Å². The smallest absolute Gasteiger partial charge is 0.0654 e. The van der Waals surface area contributed by atoms with Crippen LogP contribution in [0.25, 0.3) is 0 Å². The van der Waals surface area contributed by atoms with Gasteiger partial charge in [0, 0.05) is 0 Å². The van der Waals surface area contributed by atoms with E-state index in [0.29, 0.717) is 0 Å². The van der Waals surface area contributed by atoms with Gasteiger partial charge in [-0.25, -0.2) is 0 Å². The van der Waals surface area contributed by atoms with E-state index >= 15 is 0 Å². The van der Waals surface area contributed by atoms with E-state index in [4.69, 9.17) is 7.58 Å². The van der Waals surface area contributed by atoms with Gasteiger partial charge in [-0.3, -0.25) is 0 Å². The first kappa shape index (κ1) is 31.1. The molecule has 0 aromatic heterocycles. The molecule has 5 heteroatoms. The van der Waals surface area contributed by atoms with Crippen LogP contribution in [0.5, 0.6) is 0 Å². The minimum Gasteiger partial charge on any atom is -0.0654 e. The van der Waals surface area contributed by atoms with Crippen LogP contribution in [0.3, 0.4) is 0 Å². The Morgan fingerprint density at radius 3 is 0.871 bits per heavy atom. The average molecular weight is 483 g/mol. The van der Waals surface area contributed by atoms with Gasteiger partial charge in [-0.15, -0.1) is 0 Å². The molecule has 0 aliphatic carbocycles. The molecule has 0 N–H and O–H groups in total. The number of hydrogen-bond donors (Lipinski definition) is 0. The van der Waals surface area contributed by atoms with Crippen molar-refractivity contribution in [1.82, 2.24) is 0 Å². The minimum atomic E-state index is -4.58. The summed E-state index contributed by atoms with van der Waals surface area (Å²) in [6.07, 6.45) is 27.4. The van der Waals surface area contributed by atoms with Gasteiger partial charge in [-0.2, -0.15) is 0 Å². The van der Waals surface area contributed by atoms with Gasteiger partial charge in [0.15, 0.2) is 0 Å². The molecule has 0 aromatic rings. The van der Waals surface area contributed by atoms with E-state index in [1.165, 1.54) is 116 Å². The van der Waals surface area contributed by atoms with Crippen molar-refractivity contribution in [3.8, 4) is 0 Å². The second-order valence-corrected chi connectivity index (χ2v) is 11.1. The molecule has 0 spiro atoms. The topological polar surface area (TPSA) is 52.6 Å². The molecule has 0 rings (SSSR count). The van der Waals surface area contributed by atoms with Gasteiger partial charge in [0.05, 0.1) is 0 Å². The summed E-state index contributed by atoms with van der Waals surface area (Å²) < 4.78 is 33.7. The monoisotopic (exact) mass is 482 g/mol. The van der Waals surface area contributed by atoms with E-state index in [1.807, 2.05) is 0 Å². The first-order valence-corrected chi connectivity index (χ1v) is 15.7. The molecule has 188 valence electrons. The average Bonchev–Trinajstić information content (AvgIpc) is 2.75. The third-order valence-corrected chi connectivity index (χ3v) is 7.37. The number of unbranched alkanes of at least 4 members (excludes halogenated alkanes) is 20. The second kappa shape index (κ2) is 24.7. The zero-order valence-electron chi connectivity index (χ0n) is 21.0. The van der Waals surface area contributed by atoms with Gasteiger partial charge in [-0.1, -0.05) is 26.7 Å². The summed E-state index contributed by atoms with van der Waals surface area (Å²) in [6, 6.07) is 0. The van der Waals surface area contributed by atoms with Crippen molar-refractivity contribution in [1.29, 1.82) is 0 Å². The third kappa shape index (κ3) is 26.2. The van der Waals surface area contributed by atoms with Crippen molar-refractivity contribution in [2.75, 3.05) is 13.2 Å². The fourth-order valence-corrected chi connectivity index (χ4v) is 5.00. The molecule has 4 nitrogen and oxygen atoms in total. The maximum atomic E-state index is 11.8. The Bertz CT molecular complexity index is 403. The predicted octanol–water partition coefficient (Wildman–Crippen LogP) is 9.32. The minimum absolute atomic E-state index is 0.280. The molecule has 0 saturated heterocycles. The van der Waals surface area contributed by atoms with Crippen LogP contribution in [0.1, 0.15) is 155 Å². The van der Waals surface area contributed by atoms with Crippen LogP contribution in [-0.4, -0.2) is 13.2 Å². The van der Waals surface area contributed by atoms with Crippen LogP contribution in [-0.2, 0) is 28.8 Å². The summed E-state index contributed by atoms with van der Waals surface area (Å²) in [5.41, 5.74) is 0. The van der Waals surface area contributed by atoms with E-state index < -0.39 is 13.6 Å². The Labute approximate surface area is 197 Å². The summed E-state index contributed by atoms with van der Waals surface area (Å²) in [6.45, 7) is 5.06. The molecule has 0 heterocycles. The van der Waals surface area contributed by atoms with Crippen molar-refractivity contribution in [2.24, 2.45) is 0 Å². The van der Waals surface area contributed by atoms with Gasteiger partial charge >= 0.3 is 170 Å². The molecule has 0 saturated carbocycles. The molecule has 0 bridgehead atoms. The Hall–Kier alpha value is 0.0525. The van der Waals surface area contributed by atoms with Gasteiger partial charge in [0.2, 0.25) is 0 Å². The molecule has 0 aliphatic heterocycles. The first-order valence-electron chi connectivity index (χ1n) is 13.7. The van der Waals surface area contributed by atoms with Gasteiger partial charge in [0.1, 0.15) is 0 Å². The molecular formula is C26H54CrO4. The van der Waals surface area contributed by atoms with E-state index in [-0.39, 0.29) is 13.2 Å². The molecule has 0 radical (unpaired) electrons. The zero-order valence-corrected chi connectivity index (χ0v) is 22.3. The standard InChI is InChI=1S/2C13H27O.Cr.2O/c2*1-2-3-4-5-6-7-8-9-10-11-12-13-14;;;/h2*2-13H2,1H3;;;/q2*-1;+2;;. The molecular weight excluding hydrogens is 428 g/mol. The molecule has 0 aliphatic rings. The molecule has 31 heavy (non-hydrogen) atoms. The van der Waals surface area contributed by atoms with Crippen molar-refractivity contribution in [3.63, 3.8) is 0 Å². The van der Waals surface area contributed by atoms with Gasteiger partial charge in [0.25, 0.3) is 0 Å². The molecule has 0 amide bonds. The molecule has 0 unspecified atom stereocenters. The molecule has 0 fully saturated rings. The fourth-order valence-electron chi connectivity index (χ4n) is 3.89. The van der Waals surface area contributed by atoms with Crippen LogP contribution in [0.4, 0.5) is 0 Å². The SMILES string of the molecule is CCCCCCCCCCCCC[O][Cr](=[O])(=[O])[O]CCCCCCCCCCCCC. The second-order valence-electron chi connectivity index (χ2n) is 9.12. The summed E-state index contributed by atoms with van der Waals surface area (Å²) >= 11 is -4.58. The van der Waals surface area contributed by atoms with Gasteiger partial charge in [-0.05, 0) is 0 Å². The number of hydrogen-bond acceptors (Lipinski definition) is 4. The quantitative estimate of drug-likeness (QED) is 0.115. The summed E-state index contributed by atoms with van der Waals surface area (Å²) in [5.74, 6) is 0. The van der Waals surface area contributed by atoms with Gasteiger partial charge < -0.3 is 0 Å². The van der Waals surface area contributed by atoms with Crippen molar-refractivity contribution >= 4 is 0 Å². The maximum absolute atomic E-state index is 11.8. The molecule has 0 aromatic carbocycles. The Morgan fingerprint density at radius 2 is 0.613 bits per heavy atom. The van der Waals surface area contributed by atoms with Crippen LogP contribution in [0, 0.1) is 0 Å². The first-order chi connectivity index (χ1) is 15.1.